The second kappa shape index (κ2) is 7.92. The van der Waals surface area contributed by atoms with Crippen molar-refractivity contribution in [3.63, 3.8) is 0 Å². The monoisotopic (exact) mass is 399 g/mol. The molecule has 0 radical (unpaired) electrons. The maximum Gasteiger partial charge on any atom is 0.241 e. The Bertz CT molecular complexity index is 760. The van der Waals surface area contributed by atoms with Crippen LogP contribution in [-0.2, 0) is 23.0 Å². The molecule has 0 unspecified atom stereocenters. The number of nitrogens with one attached hydrogen (secondary N) is 1. The maximum atomic E-state index is 12.5. The number of hydrogen-bond donors (Lipinski definition) is 2. The third-order valence-corrected chi connectivity index (χ3v) is 5.31. The summed E-state index contributed by atoms with van der Waals surface area (Å²) in [4.78, 5) is 0.184. The fourth-order valence-electron chi connectivity index (χ4n) is 2.13. The molecule has 2 aromatic rings. The van der Waals surface area contributed by atoms with E-state index in [2.05, 4.69) is 20.7 Å². The normalized spacial score (nSPS) is 11.4. The average Bonchev–Trinajstić information content (AvgIpc) is 2.54. The Morgan fingerprint density at radius 1 is 1.17 bits per heavy atom. The molecule has 0 aliphatic carbocycles. The summed E-state index contributed by atoms with van der Waals surface area (Å²) in [5, 5.41) is 9.12. The molecule has 0 saturated carbocycles. The van der Waals surface area contributed by atoms with Crippen LogP contribution in [0.3, 0.4) is 0 Å². The van der Waals surface area contributed by atoms with Crippen LogP contribution in [0.1, 0.15) is 11.1 Å². The van der Waals surface area contributed by atoms with Crippen LogP contribution in [0.5, 0.6) is 5.75 Å². The van der Waals surface area contributed by atoms with Gasteiger partial charge in [-0.3, -0.25) is 0 Å². The van der Waals surface area contributed by atoms with Crippen LogP contribution in [0.2, 0.25) is 0 Å². The highest BCUT2D eigenvalue weighted by molar-refractivity contribution is 9.10. The molecule has 0 heterocycles. The first kappa shape index (κ1) is 17.9. The molecule has 2 rings (SSSR count). The number of rotatable bonds is 7. The van der Waals surface area contributed by atoms with E-state index in [9.17, 15) is 8.42 Å². The number of halogens is 1. The highest BCUT2D eigenvalue weighted by Gasteiger charge is 2.18. The van der Waals surface area contributed by atoms with Crippen LogP contribution in [0.25, 0.3) is 0 Å². The van der Waals surface area contributed by atoms with Crippen molar-refractivity contribution in [1.82, 2.24) is 4.72 Å². The summed E-state index contributed by atoms with van der Waals surface area (Å²) in [6.07, 6.45) is 0.276. The molecule has 0 bridgehead atoms. The lowest BCUT2D eigenvalue weighted by atomic mass is 10.2. The van der Waals surface area contributed by atoms with Crippen molar-refractivity contribution in [2.24, 2.45) is 0 Å². The zero-order valence-corrected chi connectivity index (χ0v) is 15.0. The first-order valence-corrected chi connectivity index (χ1v) is 9.26. The van der Waals surface area contributed by atoms with E-state index in [0.29, 0.717) is 5.56 Å². The molecule has 2 aromatic carbocycles. The minimum Gasteiger partial charge on any atom is -0.497 e. The lowest BCUT2D eigenvalue weighted by Crippen LogP contribution is -2.24. The standard InChI is InChI=1S/C16H18BrNO4S/c1-22-15-5-2-12(3-6-15)11-18-23(20,21)16-7-4-14(17)10-13(16)8-9-19/h2-7,10,18-19H,8-9,11H2,1H3. The van der Waals surface area contributed by atoms with E-state index in [1.165, 1.54) is 6.07 Å². The summed E-state index contributed by atoms with van der Waals surface area (Å²) in [7, 11) is -2.08. The third-order valence-electron chi connectivity index (χ3n) is 3.32. The van der Waals surface area contributed by atoms with E-state index >= 15 is 0 Å². The van der Waals surface area contributed by atoms with Gasteiger partial charge in [0.25, 0.3) is 0 Å². The van der Waals surface area contributed by atoms with Gasteiger partial charge < -0.3 is 9.84 Å². The molecule has 0 aliphatic heterocycles. The van der Waals surface area contributed by atoms with Gasteiger partial charge in [0.05, 0.1) is 12.0 Å². The van der Waals surface area contributed by atoms with Crippen LogP contribution in [-0.4, -0.2) is 27.2 Å². The van der Waals surface area contributed by atoms with Gasteiger partial charge in [-0.1, -0.05) is 28.1 Å². The number of sulfonamides is 1. The van der Waals surface area contributed by atoms with Gasteiger partial charge in [0, 0.05) is 17.6 Å². The number of methoxy groups -OCH3 is 1. The van der Waals surface area contributed by atoms with Crippen LogP contribution in [0.4, 0.5) is 0 Å². The van der Waals surface area contributed by atoms with E-state index in [0.717, 1.165) is 15.8 Å². The molecule has 7 heteroatoms. The number of aliphatic hydroxyl groups is 1. The van der Waals surface area contributed by atoms with Gasteiger partial charge >= 0.3 is 0 Å². The van der Waals surface area contributed by atoms with Crippen LogP contribution in [0.15, 0.2) is 51.8 Å². The Hall–Kier alpha value is -1.41. The van der Waals surface area contributed by atoms with Gasteiger partial charge in [-0.05, 0) is 47.9 Å². The van der Waals surface area contributed by atoms with Crippen molar-refractivity contribution < 1.29 is 18.3 Å². The summed E-state index contributed by atoms with van der Waals surface area (Å²) < 4.78 is 33.4. The van der Waals surface area contributed by atoms with Crippen molar-refractivity contribution in [2.45, 2.75) is 17.9 Å². The number of hydrogen-bond acceptors (Lipinski definition) is 4. The Morgan fingerprint density at radius 3 is 2.48 bits per heavy atom. The third kappa shape index (κ3) is 4.78. The predicted molar refractivity (Wildman–Crippen MR) is 92.0 cm³/mol. The molecule has 5 nitrogen and oxygen atoms in total. The van der Waals surface area contributed by atoms with Gasteiger partial charge in [0.2, 0.25) is 10.0 Å². The quantitative estimate of drug-likeness (QED) is 0.749. The van der Waals surface area contributed by atoms with Gasteiger partial charge in [0.1, 0.15) is 5.75 Å². The van der Waals surface area contributed by atoms with E-state index < -0.39 is 10.0 Å². The molecule has 124 valence electrons. The minimum atomic E-state index is -3.66. The number of ether oxygens (including phenoxy) is 1. The van der Waals surface area contributed by atoms with Crippen molar-refractivity contribution in [3.8, 4) is 5.75 Å². The zero-order valence-electron chi connectivity index (χ0n) is 12.6. The van der Waals surface area contributed by atoms with Gasteiger partial charge in [-0.15, -0.1) is 0 Å². The lowest BCUT2D eigenvalue weighted by Gasteiger charge is -2.12. The SMILES string of the molecule is COc1ccc(CNS(=O)(=O)c2ccc(Br)cc2CCO)cc1. The molecule has 0 spiro atoms. The molecular formula is C16H18BrNO4S. The van der Waals surface area contributed by atoms with E-state index in [1.54, 1.807) is 43.5 Å². The van der Waals surface area contributed by atoms with Crippen molar-refractivity contribution >= 4 is 26.0 Å². The van der Waals surface area contributed by atoms with E-state index in [4.69, 9.17) is 9.84 Å². The molecule has 0 fully saturated rings. The average molecular weight is 400 g/mol. The number of aliphatic hydroxyl groups excluding tert-OH is 1. The zero-order chi connectivity index (χ0) is 16.9. The lowest BCUT2D eigenvalue weighted by molar-refractivity contribution is 0.298. The summed E-state index contributed by atoms with van der Waals surface area (Å²) in [6, 6.07) is 12.1. The fourth-order valence-corrected chi connectivity index (χ4v) is 3.80. The maximum absolute atomic E-state index is 12.5. The summed E-state index contributed by atoms with van der Waals surface area (Å²) in [5.41, 5.74) is 1.40. The smallest absolute Gasteiger partial charge is 0.241 e. The van der Waals surface area contributed by atoms with Crippen LogP contribution >= 0.6 is 15.9 Å². The second-order valence-corrected chi connectivity index (χ2v) is 7.55. The van der Waals surface area contributed by atoms with Crippen LogP contribution in [0, 0.1) is 0 Å². The Morgan fingerprint density at radius 2 is 1.87 bits per heavy atom. The molecular weight excluding hydrogens is 382 g/mol. The van der Waals surface area contributed by atoms with Crippen molar-refractivity contribution in [1.29, 1.82) is 0 Å². The predicted octanol–water partition coefficient (Wildman–Crippen LogP) is 2.47. The molecule has 0 atom stereocenters. The molecule has 0 saturated heterocycles. The van der Waals surface area contributed by atoms with E-state index in [1.807, 2.05) is 0 Å². The summed E-state index contributed by atoms with van der Waals surface area (Å²) >= 11 is 3.31. The largest absolute Gasteiger partial charge is 0.497 e. The van der Waals surface area contributed by atoms with Crippen molar-refractivity contribution in [3.05, 3.63) is 58.1 Å². The molecule has 23 heavy (non-hydrogen) atoms. The first-order chi connectivity index (χ1) is 11.0. The van der Waals surface area contributed by atoms with E-state index in [-0.39, 0.29) is 24.5 Å². The molecule has 2 N–H and O–H groups in total. The van der Waals surface area contributed by atoms with Gasteiger partial charge in [0.15, 0.2) is 0 Å². The Kier molecular flexibility index (Phi) is 6.17. The van der Waals surface area contributed by atoms with Crippen LogP contribution < -0.4 is 9.46 Å². The highest BCUT2D eigenvalue weighted by atomic mass is 79.9. The highest BCUT2D eigenvalue weighted by Crippen LogP contribution is 2.22. The fraction of sp³-hybridized carbons (Fsp3) is 0.250. The summed E-state index contributed by atoms with van der Waals surface area (Å²) in [5.74, 6) is 0.717. The Labute approximate surface area is 144 Å². The van der Waals surface area contributed by atoms with Gasteiger partial charge in [-0.2, -0.15) is 0 Å². The second-order valence-electron chi connectivity index (χ2n) is 4.90. The summed E-state index contributed by atoms with van der Waals surface area (Å²) in [6.45, 7) is 0.0679. The molecule has 0 aliphatic rings. The number of benzene rings is 2. The first-order valence-electron chi connectivity index (χ1n) is 6.98. The molecule has 0 aromatic heterocycles. The van der Waals surface area contributed by atoms with Gasteiger partial charge in [-0.25, -0.2) is 13.1 Å². The minimum absolute atomic E-state index is 0.114. The molecule has 0 amide bonds. The Balaban J connectivity index is 2.18. The van der Waals surface area contributed by atoms with Crippen molar-refractivity contribution in [2.75, 3.05) is 13.7 Å². The topological polar surface area (TPSA) is 75.6 Å².